The summed E-state index contributed by atoms with van der Waals surface area (Å²) in [4.78, 5) is 0. The van der Waals surface area contributed by atoms with Gasteiger partial charge >= 0.3 is 37.7 Å². The maximum absolute atomic E-state index is 2.41. The van der Waals surface area contributed by atoms with E-state index in [1.54, 1.807) is 0 Å². The van der Waals surface area contributed by atoms with Gasteiger partial charge in [0.1, 0.15) is 0 Å². The van der Waals surface area contributed by atoms with Gasteiger partial charge in [-0.25, -0.2) is 0 Å². The van der Waals surface area contributed by atoms with Crippen molar-refractivity contribution in [3.05, 3.63) is 83.0 Å². The third-order valence-corrected chi connectivity index (χ3v) is 5.58. The molecule has 0 spiro atoms. The van der Waals surface area contributed by atoms with Crippen LogP contribution in [0, 0.1) is 0 Å². The van der Waals surface area contributed by atoms with Gasteiger partial charge in [0.2, 0.25) is 0 Å². The van der Waals surface area contributed by atoms with Gasteiger partial charge in [-0.2, -0.15) is 0 Å². The van der Waals surface area contributed by atoms with Gasteiger partial charge in [-0.3, -0.25) is 0 Å². The van der Waals surface area contributed by atoms with Crippen molar-refractivity contribution in [2.45, 2.75) is 18.4 Å². The van der Waals surface area contributed by atoms with Crippen LogP contribution in [0.15, 0.2) is 77.4 Å². The molecule has 0 amide bonds. The quantitative estimate of drug-likeness (QED) is 0.682. The fourth-order valence-electron chi connectivity index (χ4n) is 2.85. The van der Waals surface area contributed by atoms with Crippen LogP contribution in [0.5, 0.6) is 0 Å². The summed E-state index contributed by atoms with van der Waals surface area (Å²) in [7, 11) is 1.20. The maximum atomic E-state index is 2.41. The molecule has 0 N–H and O–H groups in total. The molecule has 0 nitrogen and oxygen atoms in total. The first-order valence-electron chi connectivity index (χ1n) is 6.59. The van der Waals surface area contributed by atoms with Crippen LogP contribution in [0.25, 0.3) is 0 Å². The van der Waals surface area contributed by atoms with E-state index in [0.29, 0.717) is 11.5 Å². The summed E-state index contributed by atoms with van der Waals surface area (Å²) in [6.07, 6.45) is 11.4. The molecule has 0 aliphatic heterocycles. The van der Waals surface area contributed by atoms with E-state index < -0.39 is 0 Å². The summed E-state index contributed by atoms with van der Waals surface area (Å²) >= 11 is 0. The van der Waals surface area contributed by atoms with Crippen LogP contribution >= 0.6 is 0 Å². The molecule has 1 aromatic carbocycles. The number of benzene rings is 1. The van der Waals surface area contributed by atoms with Gasteiger partial charge in [0, 0.05) is 16.2 Å². The Kier molecular flexibility index (Phi) is 6.67. The van der Waals surface area contributed by atoms with Crippen LogP contribution < -0.4 is 0 Å². The number of hydrogen-bond acceptors (Lipinski definition) is 0. The zero-order chi connectivity index (χ0) is 12.5. The molecule has 2 atom stereocenters. The topological polar surface area (TPSA) is 0 Å². The first-order chi connectivity index (χ1) is 8.77. The minimum absolute atomic E-state index is 0. The average molecular weight is 266 g/mol. The summed E-state index contributed by atoms with van der Waals surface area (Å²) in [5.74, 6) is 0.421. The molecule has 2 aliphatic carbocycles. The molecule has 0 aromatic heterocycles. The van der Waals surface area contributed by atoms with Crippen LogP contribution in [0.3, 0.4) is 0 Å². The number of hydrogen-bond donors (Lipinski definition) is 0. The van der Waals surface area contributed by atoms with Crippen molar-refractivity contribution in [3.63, 3.8) is 0 Å². The van der Waals surface area contributed by atoms with E-state index in [9.17, 15) is 0 Å². The molecule has 94 valence electrons. The van der Waals surface area contributed by atoms with E-state index >= 15 is 0 Å². The van der Waals surface area contributed by atoms with Gasteiger partial charge in [0.05, 0.1) is 0 Å². The van der Waals surface area contributed by atoms with E-state index in [1.165, 1.54) is 32.5 Å². The van der Waals surface area contributed by atoms with Crippen LogP contribution in [-0.2, 0) is 0 Å². The Labute approximate surface area is 148 Å². The zero-order valence-corrected chi connectivity index (χ0v) is 12.9. The van der Waals surface area contributed by atoms with E-state index in [4.69, 9.17) is 0 Å². The van der Waals surface area contributed by atoms with Crippen LogP contribution in [0.1, 0.15) is 18.4 Å². The monoisotopic (exact) mass is 266 g/mol. The van der Waals surface area contributed by atoms with E-state index in [-0.39, 0.29) is 37.7 Å². The van der Waals surface area contributed by atoms with Crippen molar-refractivity contribution in [2.24, 2.45) is 0 Å². The summed E-state index contributed by atoms with van der Waals surface area (Å²) < 4.78 is 0. The second kappa shape index (κ2) is 7.56. The molecular formula is C17H20Li2Si. The molecule has 2 aliphatic rings. The molecule has 3 rings (SSSR count). The molecule has 2 unspecified atom stereocenters. The van der Waals surface area contributed by atoms with Gasteiger partial charge in [-0.1, -0.05) is 66.3 Å². The predicted molar refractivity (Wildman–Crippen MR) is 96.2 cm³/mol. The predicted octanol–water partition coefficient (Wildman–Crippen LogP) is 2.01. The van der Waals surface area contributed by atoms with Crippen molar-refractivity contribution < 1.29 is 0 Å². The van der Waals surface area contributed by atoms with Gasteiger partial charge in [-0.05, 0) is 29.2 Å². The Hall–Kier alpha value is -0.408. The first kappa shape index (κ1) is 17.6. The molecule has 1 aromatic rings. The summed E-state index contributed by atoms with van der Waals surface area (Å²) in [5.41, 5.74) is 6.67. The fourth-order valence-corrected chi connectivity index (χ4v) is 3.54. The average Bonchev–Trinajstić information content (AvgIpc) is 2.58. The molecule has 3 heteroatoms. The Morgan fingerprint density at radius 3 is 2.35 bits per heavy atom. The third kappa shape index (κ3) is 3.25. The fraction of sp³-hybridized carbons (Fsp3) is 0.176. The van der Waals surface area contributed by atoms with Crippen molar-refractivity contribution >= 4 is 48.0 Å². The van der Waals surface area contributed by atoms with Crippen molar-refractivity contribution in [1.29, 1.82) is 0 Å². The molecular weight excluding hydrogens is 246 g/mol. The third-order valence-electron chi connectivity index (χ3n) is 4.05. The summed E-state index contributed by atoms with van der Waals surface area (Å²) in [6, 6.07) is 10.8. The Morgan fingerprint density at radius 2 is 1.65 bits per heavy atom. The molecule has 0 saturated heterocycles. The SMILES string of the molecule is CC1=CC2=C(C=CC=CC2c2ccccc2)C1[SiH3].[LiH].[LiH]. The van der Waals surface area contributed by atoms with Gasteiger partial charge in [0.15, 0.2) is 0 Å². The normalized spacial score (nSPS) is 23.6. The molecule has 0 radical (unpaired) electrons. The second-order valence-corrected chi connectivity index (χ2v) is 6.31. The number of rotatable bonds is 1. The summed E-state index contributed by atoms with van der Waals surface area (Å²) in [5, 5.41) is 0. The molecule has 0 fully saturated rings. The first-order valence-corrected chi connectivity index (χ1v) is 7.75. The Balaban J connectivity index is 0.000001000. The van der Waals surface area contributed by atoms with E-state index in [2.05, 4.69) is 67.6 Å². The molecule has 0 bridgehead atoms. The van der Waals surface area contributed by atoms with Crippen molar-refractivity contribution in [3.8, 4) is 0 Å². The van der Waals surface area contributed by atoms with Crippen LogP contribution in [-0.4, -0.2) is 48.0 Å². The number of allylic oxidation sites excluding steroid dienone is 8. The second-order valence-electron chi connectivity index (χ2n) is 5.15. The van der Waals surface area contributed by atoms with E-state index in [1.807, 2.05) is 0 Å². The molecule has 0 heterocycles. The summed E-state index contributed by atoms with van der Waals surface area (Å²) in [6.45, 7) is 2.27. The van der Waals surface area contributed by atoms with Gasteiger partial charge in [-0.15, -0.1) is 0 Å². The Morgan fingerprint density at radius 1 is 0.950 bits per heavy atom. The van der Waals surface area contributed by atoms with Crippen LogP contribution in [0.2, 0.25) is 5.54 Å². The minimum atomic E-state index is 0. The molecule has 0 saturated carbocycles. The molecule has 20 heavy (non-hydrogen) atoms. The van der Waals surface area contributed by atoms with Gasteiger partial charge < -0.3 is 0 Å². The van der Waals surface area contributed by atoms with Crippen LogP contribution in [0.4, 0.5) is 0 Å². The Bertz CT molecular complexity index is 582. The van der Waals surface area contributed by atoms with Crippen molar-refractivity contribution in [1.82, 2.24) is 0 Å². The zero-order valence-electron chi connectivity index (χ0n) is 10.9. The van der Waals surface area contributed by atoms with Gasteiger partial charge in [0.25, 0.3) is 0 Å². The standard InChI is InChI=1S/C17H18Si.2Li.2H/c1-12-11-16-14(13-7-3-2-4-8-13)9-5-6-10-15(16)17(12)18;;;;/h2-11,14,17H,1,18H3;;;;. The van der Waals surface area contributed by atoms with E-state index in [0.717, 1.165) is 0 Å². The van der Waals surface area contributed by atoms with Crippen molar-refractivity contribution in [2.75, 3.05) is 0 Å².